The molecule has 8 nitrogen and oxygen atoms in total. The Balaban J connectivity index is 3.02. The summed E-state index contributed by atoms with van der Waals surface area (Å²) in [5.41, 5.74) is 0. The predicted molar refractivity (Wildman–Crippen MR) is 60.9 cm³/mol. The maximum absolute atomic E-state index is 11.3. The number of ether oxygens (including phenoxy) is 2. The van der Waals surface area contributed by atoms with E-state index in [-0.39, 0.29) is 0 Å². The summed E-state index contributed by atoms with van der Waals surface area (Å²) >= 11 is 0. The smallest absolute Gasteiger partial charge is 0.377 e. The molecule has 0 unspecified atom stereocenters. The second-order valence-electron chi connectivity index (χ2n) is 4.24. The number of allylic oxidation sites excluding steroid dienone is 1. The Kier molecular flexibility index (Phi) is 5.27. The molecule has 1 saturated heterocycles. The fraction of sp³-hybridized carbons (Fsp3) is 0.727. The molecule has 0 saturated carbocycles. The summed E-state index contributed by atoms with van der Waals surface area (Å²) in [6, 6.07) is 0. The fourth-order valence-corrected chi connectivity index (χ4v) is 1.80. The number of hydrogen-bond donors (Lipinski definition) is 5. The zero-order valence-corrected chi connectivity index (χ0v) is 10.3. The third-order valence-electron chi connectivity index (χ3n) is 2.82. The molecule has 0 aliphatic carbocycles. The van der Waals surface area contributed by atoms with Crippen molar-refractivity contribution in [2.75, 3.05) is 6.61 Å². The molecule has 1 fully saturated rings. The van der Waals surface area contributed by atoms with E-state index in [1.807, 2.05) is 0 Å². The lowest BCUT2D eigenvalue weighted by molar-refractivity contribution is -0.310. The minimum atomic E-state index is -2.22. The van der Waals surface area contributed by atoms with Gasteiger partial charge in [0.05, 0.1) is 25.4 Å². The number of aliphatic carboxylic acids is 1. The van der Waals surface area contributed by atoms with Gasteiger partial charge in [0.15, 0.2) is 0 Å². The standard InChI is InChI=1S/C11H18O8/c1-2-3-18-11(10(16)17)4-6(13)8(15)9(19-11)7(14)5-12/h2-3,6-9,12-15H,4-5H2,1H3,(H,16,17)/b3-2+/t6-,7-,8-,9-,11-/m1/s1. The van der Waals surface area contributed by atoms with Gasteiger partial charge in [-0.15, -0.1) is 0 Å². The summed E-state index contributed by atoms with van der Waals surface area (Å²) in [6.07, 6.45) is -4.04. The van der Waals surface area contributed by atoms with E-state index < -0.39 is 49.2 Å². The van der Waals surface area contributed by atoms with Crippen LogP contribution in [0.1, 0.15) is 13.3 Å². The summed E-state index contributed by atoms with van der Waals surface area (Å²) in [4.78, 5) is 11.3. The fourth-order valence-electron chi connectivity index (χ4n) is 1.80. The highest BCUT2D eigenvalue weighted by molar-refractivity contribution is 5.76. The molecule has 1 rings (SSSR count). The van der Waals surface area contributed by atoms with Gasteiger partial charge in [-0.05, 0) is 6.92 Å². The van der Waals surface area contributed by atoms with Crippen LogP contribution < -0.4 is 0 Å². The first-order valence-electron chi connectivity index (χ1n) is 5.73. The molecule has 1 aliphatic rings. The van der Waals surface area contributed by atoms with Gasteiger partial charge in [-0.3, -0.25) is 0 Å². The molecule has 0 aromatic rings. The van der Waals surface area contributed by atoms with Crippen LogP contribution in [0, 0.1) is 0 Å². The van der Waals surface area contributed by atoms with Gasteiger partial charge < -0.3 is 35.0 Å². The Morgan fingerprint density at radius 2 is 2.21 bits per heavy atom. The van der Waals surface area contributed by atoms with Crippen LogP contribution in [0.3, 0.4) is 0 Å². The average molecular weight is 278 g/mol. The molecule has 0 aromatic carbocycles. The Bertz CT molecular complexity index is 344. The lowest BCUT2D eigenvalue weighted by atomic mass is 9.92. The number of rotatable bonds is 5. The highest BCUT2D eigenvalue weighted by Gasteiger charge is 2.54. The van der Waals surface area contributed by atoms with Crippen molar-refractivity contribution in [1.82, 2.24) is 0 Å². The number of carboxylic acid groups (broad SMARTS) is 1. The van der Waals surface area contributed by atoms with Gasteiger partial charge in [0.2, 0.25) is 0 Å². The second-order valence-corrected chi connectivity index (χ2v) is 4.24. The zero-order chi connectivity index (χ0) is 14.6. The molecule has 8 heteroatoms. The second kappa shape index (κ2) is 6.31. The van der Waals surface area contributed by atoms with Gasteiger partial charge in [-0.25, -0.2) is 4.79 Å². The topological polar surface area (TPSA) is 137 Å². The van der Waals surface area contributed by atoms with Crippen molar-refractivity contribution in [2.45, 2.75) is 43.5 Å². The third-order valence-corrected chi connectivity index (χ3v) is 2.82. The van der Waals surface area contributed by atoms with Gasteiger partial charge >= 0.3 is 11.8 Å². The summed E-state index contributed by atoms with van der Waals surface area (Å²) in [6.45, 7) is 0.831. The van der Waals surface area contributed by atoms with E-state index in [4.69, 9.17) is 14.6 Å². The predicted octanol–water partition coefficient (Wildman–Crippen LogP) is -1.82. The van der Waals surface area contributed by atoms with Crippen LogP contribution in [0.4, 0.5) is 0 Å². The first-order valence-corrected chi connectivity index (χ1v) is 5.73. The minimum Gasteiger partial charge on any atom is -0.476 e. The molecule has 19 heavy (non-hydrogen) atoms. The van der Waals surface area contributed by atoms with Crippen molar-refractivity contribution in [1.29, 1.82) is 0 Å². The molecular formula is C11H18O8. The third kappa shape index (κ3) is 3.23. The molecule has 0 amide bonds. The number of aliphatic hydroxyl groups is 4. The quantitative estimate of drug-likeness (QED) is 0.371. The van der Waals surface area contributed by atoms with Crippen LogP contribution in [0.15, 0.2) is 12.3 Å². The van der Waals surface area contributed by atoms with Gasteiger partial charge in [0.25, 0.3) is 0 Å². The molecule has 5 N–H and O–H groups in total. The Morgan fingerprint density at radius 1 is 1.58 bits per heavy atom. The molecule has 1 heterocycles. The lowest BCUT2D eigenvalue weighted by Gasteiger charge is -2.43. The Morgan fingerprint density at radius 3 is 2.68 bits per heavy atom. The van der Waals surface area contributed by atoms with Gasteiger partial charge in [0.1, 0.15) is 18.3 Å². The highest BCUT2D eigenvalue weighted by Crippen LogP contribution is 2.32. The zero-order valence-electron chi connectivity index (χ0n) is 10.3. The molecule has 5 atom stereocenters. The van der Waals surface area contributed by atoms with Crippen LogP contribution in [-0.2, 0) is 14.3 Å². The summed E-state index contributed by atoms with van der Waals surface area (Å²) < 4.78 is 10.0. The van der Waals surface area contributed by atoms with Crippen LogP contribution in [0.5, 0.6) is 0 Å². The van der Waals surface area contributed by atoms with Crippen LogP contribution in [0.2, 0.25) is 0 Å². The van der Waals surface area contributed by atoms with Crippen LogP contribution in [0.25, 0.3) is 0 Å². The van der Waals surface area contributed by atoms with E-state index in [2.05, 4.69) is 0 Å². The van der Waals surface area contributed by atoms with E-state index in [9.17, 15) is 25.2 Å². The SMILES string of the molecule is C/C=C/O[C@]1(C(=O)O)C[C@@H](O)[C@@H](O)[C@@H]([C@H](O)CO)O1. The van der Waals surface area contributed by atoms with Gasteiger partial charge in [-0.1, -0.05) is 6.08 Å². The van der Waals surface area contributed by atoms with Crippen molar-refractivity contribution in [3.63, 3.8) is 0 Å². The molecule has 110 valence electrons. The van der Waals surface area contributed by atoms with E-state index in [1.54, 1.807) is 6.92 Å². The van der Waals surface area contributed by atoms with E-state index >= 15 is 0 Å². The molecule has 1 aliphatic heterocycles. The first kappa shape index (κ1) is 15.9. The van der Waals surface area contributed by atoms with Crippen molar-refractivity contribution in [2.24, 2.45) is 0 Å². The van der Waals surface area contributed by atoms with E-state index in [1.165, 1.54) is 6.08 Å². The normalized spacial score (nSPS) is 37.2. The van der Waals surface area contributed by atoms with Crippen molar-refractivity contribution < 1.29 is 39.8 Å². The monoisotopic (exact) mass is 278 g/mol. The van der Waals surface area contributed by atoms with Crippen molar-refractivity contribution in [3.8, 4) is 0 Å². The van der Waals surface area contributed by atoms with E-state index in [0.717, 1.165) is 6.26 Å². The van der Waals surface area contributed by atoms with Crippen LogP contribution >= 0.6 is 0 Å². The minimum absolute atomic E-state index is 0.511. The van der Waals surface area contributed by atoms with Crippen molar-refractivity contribution in [3.05, 3.63) is 12.3 Å². The largest absolute Gasteiger partial charge is 0.476 e. The highest BCUT2D eigenvalue weighted by atomic mass is 16.7. The summed E-state index contributed by atoms with van der Waals surface area (Å²) in [5, 5.41) is 46.9. The summed E-state index contributed by atoms with van der Waals surface area (Å²) in [5.74, 6) is -3.72. The maximum atomic E-state index is 11.3. The molecule has 0 bridgehead atoms. The molecule has 0 spiro atoms. The summed E-state index contributed by atoms with van der Waals surface area (Å²) in [7, 11) is 0. The number of carboxylic acids is 1. The van der Waals surface area contributed by atoms with Crippen LogP contribution in [-0.4, -0.2) is 68.3 Å². The Hall–Kier alpha value is -1.19. The first-order chi connectivity index (χ1) is 8.88. The van der Waals surface area contributed by atoms with Crippen molar-refractivity contribution >= 4 is 5.97 Å². The number of carbonyl (C=O) groups is 1. The van der Waals surface area contributed by atoms with Gasteiger partial charge in [-0.2, -0.15) is 0 Å². The molecular weight excluding hydrogens is 260 g/mol. The van der Waals surface area contributed by atoms with E-state index in [0.29, 0.717) is 0 Å². The molecule has 0 aromatic heterocycles. The Labute approximate surface area is 109 Å². The lowest BCUT2D eigenvalue weighted by Crippen LogP contribution is -2.62. The number of aliphatic hydroxyl groups excluding tert-OH is 4. The molecule has 0 radical (unpaired) electrons. The van der Waals surface area contributed by atoms with Gasteiger partial charge in [0, 0.05) is 0 Å². The average Bonchev–Trinajstić information content (AvgIpc) is 2.38. The maximum Gasteiger partial charge on any atom is 0.377 e. The number of hydrogen-bond acceptors (Lipinski definition) is 7.